The minimum Gasteiger partial charge on any atom is -0.353 e. The van der Waals surface area contributed by atoms with Crippen molar-refractivity contribution in [2.45, 2.75) is 25.9 Å². The zero-order valence-corrected chi connectivity index (χ0v) is 12.2. The maximum atomic E-state index is 11.8. The highest BCUT2D eigenvalue weighted by Crippen LogP contribution is 2.15. The van der Waals surface area contributed by atoms with Crippen molar-refractivity contribution < 1.29 is 4.79 Å². The lowest BCUT2D eigenvalue weighted by molar-refractivity contribution is -0.121. The van der Waals surface area contributed by atoms with Crippen LogP contribution in [-0.2, 0) is 11.3 Å². The smallest absolute Gasteiger partial charge is 0.222 e. The van der Waals surface area contributed by atoms with Gasteiger partial charge >= 0.3 is 0 Å². The van der Waals surface area contributed by atoms with E-state index in [2.05, 4.69) is 34.3 Å². The predicted molar refractivity (Wildman–Crippen MR) is 82.5 cm³/mol. The third-order valence-electron chi connectivity index (χ3n) is 3.08. The fourth-order valence-electron chi connectivity index (χ4n) is 2.20. The second-order valence-corrected chi connectivity index (χ2v) is 5.65. The highest BCUT2D eigenvalue weighted by atomic mass is 32.2. The van der Waals surface area contributed by atoms with E-state index in [-0.39, 0.29) is 11.9 Å². The van der Waals surface area contributed by atoms with Crippen LogP contribution in [0.2, 0.25) is 0 Å². The van der Waals surface area contributed by atoms with Crippen LogP contribution in [0, 0.1) is 0 Å². The van der Waals surface area contributed by atoms with Gasteiger partial charge in [-0.15, -0.1) is 0 Å². The number of nitrogens with one attached hydrogen (secondary N) is 1. The topological polar surface area (TPSA) is 34.0 Å². The third-order valence-corrected chi connectivity index (χ3v) is 3.92. The molecule has 2 rings (SSSR count). The van der Waals surface area contributed by atoms with E-state index < -0.39 is 0 Å². The molecule has 1 aromatic carbocycles. The lowest BCUT2D eigenvalue weighted by atomic mass is 10.2. The monoisotopic (exact) mass is 276 g/mol. The van der Waals surface area contributed by atoms with E-state index in [4.69, 9.17) is 0 Å². The molecule has 1 unspecified atom stereocenters. The lowest BCUT2D eigenvalue weighted by Crippen LogP contribution is -2.34. The lowest BCUT2D eigenvalue weighted by Gasteiger charge is -2.12. The molecule has 0 radical (unpaired) electrons. The molecule has 0 saturated heterocycles. The number of para-hydroxylation sites is 1. The van der Waals surface area contributed by atoms with Gasteiger partial charge in [0.25, 0.3) is 0 Å². The number of amides is 1. The number of thioether (sulfide) groups is 1. The zero-order valence-electron chi connectivity index (χ0n) is 11.4. The van der Waals surface area contributed by atoms with Crippen LogP contribution in [0.1, 0.15) is 13.3 Å². The second-order valence-electron chi connectivity index (χ2n) is 4.74. The molecule has 0 bridgehead atoms. The van der Waals surface area contributed by atoms with Crippen molar-refractivity contribution >= 4 is 28.6 Å². The Hall–Kier alpha value is -1.42. The number of hydrogen-bond donors (Lipinski definition) is 1. The van der Waals surface area contributed by atoms with Gasteiger partial charge in [-0.2, -0.15) is 11.8 Å². The van der Waals surface area contributed by atoms with Crippen molar-refractivity contribution in [3.05, 3.63) is 36.5 Å². The Kier molecular flexibility index (Phi) is 4.91. The van der Waals surface area contributed by atoms with Gasteiger partial charge in [0.15, 0.2) is 0 Å². The van der Waals surface area contributed by atoms with Crippen LogP contribution in [0.15, 0.2) is 36.5 Å². The Morgan fingerprint density at radius 2 is 2.16 bits per heavy atom. The van der Waals surface area contributed by atoms with Crippen LogP contribution in [0.5, 0.6) is 0 Å². The van der Waals surface area contributed by atoms with Crippen LogP contribution < -0.4 is 5.32 Å². The number of aromatic nitrogens is 1. The summed E-state index contributed by atoms with van der Waals surface area (Å²) in [5, 5.41) is 4.24. The molecule has 0 saturated carbocycles. The molecule has 1 amide bonds. The molecule has 2 aromatic rings. The number of carbonyl (C=O) groups is 1. The van der Waals surface area contributed by atoms with Crippen molar-refractivity contribution in [2.24, 2.45) is 0 Å². The van der Waals surface area contributed by atoms with Gasteiger partial charge in [0.2, 0.25) is 5.91 Å². The Morgan fingerprint density at radius 1 is 1.37 bits per heavy atom. The molecule has 1 N–H and O–H groups in total. The summed E-state index contributed by atoms with van der Waals surface area (Å²) < 4.78 is 2.13. The minimum atomic E-state index is 0.124. The van der Waals surface area contributed by atoms with Gasteiger partial charge in [-0.3, -0.25) is 4.79 Å². The molecule has 1 atom stereocenters. The average molecular weight is 276 g/mol. The molecule has 1 aromatic heterocycles. The summed E-state index contributed by atoms with van der Waals surface area (Å²) in [5.74, 6) is 1.08. The van der Waals surface area contributed by atoms with Crippen LogP contribution in [0.4, 0.5) is 0 Å². The number of hydrogen-bond acceptors (Lipinski definition) is 2. The summed E-state index contributed by atoms with van der Waals surface area (Å²) in [6.45, 7) is 2.77. The molecule has 3 nitrogen and oxygen atoms in total. The van der Waals surface area contributed by atoms with Crippen LogP contribution >= 0.6 is 11.8 Å². The first-order valence-corrected chi connectivity index (χ1v) is 7.92. The van der Waals surface area contributed by atoms with Gasteiger partial charge in [0.05, 0.1) is 0 Å². The summed E-state index contributed by atoms with van der Waals surface area (Å²) in [6, 6.07) is 10.6. The number of rotatable bonds is 6. The second kappa shape index (κ2) is 6.66. The van der Waals surface area contributed by atoms with Crippen LogP contribution in [0.25, 0.3) is 10.9 Å². The number of aryl methyl sites for hydroxylation is 1. The van der Waals surface area contributed by atoms with Crippen molar-refractivity contribution in [2.75, 3.05) is 12.0 Å². The molecule has 19 heavy (non-hydrogen) atoms. The van der Waals surface area contributed by atoms with Crippen LogP contribution in [-0.4, -0.2) is 28.5 Å². The fourth-order valence-corrected chi connectivity index (χ4v) is 2.78. The molecule has 0 spiro atoms. The van der Waals surface area contributed by atoms with Gasteiger partial charge in [0.1, 0.15) is 0 Å². The molecule has 0 aliphatic carbocycles. The third kappa shape index (κ3) is 3.77. The van der Waals surface area contributed by atoms with E-state index in [1.807, 2.05) is 25.3 Å². The first-order chi connectivity index (χ1) is 9.20. The Balaban J connectivity index is 1.90. The van der Waals surface area contributed by atoms with E-state index in [0.717, 1.165) is 12.3 Å². The summed E-state index contributed by atoms with van der Waals surface area (Å²) in [4.78, 5) is 11.8. The van der Waals surface area contributed by atoms with Crippen molar-refractivity contribution in [1.82, 2.24) is 9.88 Å². The first kappa shape index (κ1) is 14.0. The van der Waals surface area contributed by atoms with E-state index >= 15 is 0 Å². The van der Waals surface area contributed by atoms with Gasteiger partial charge < -0.3 is 9.88 Å². The first-order valence-electron chi connectivity index (χ1n) is 6.53. The molecule has 1 heterocycles. The zero-order chi connectivity index (χ0) is 13.7. The minimum absolute atomic E-state index is 0.124. The average Bonchev–Trinajstić information content (AvgIpc) is 2.80. The van der Waals surface area contributed by atoms with E-state index in [9.17, 15) is 4.79 Å². The Morgan fingerprint density at radius 3 is 2.95 bits per heavy atom. The summed E-state index contributed by atoms with van der Waals surface area (Å²) in [6.07, 6.45) is 4.62. The van der Waals surface area contributed by atoms with Crippen molar-refractivity contribution in [3.63, 3.8) is 0 Å². The van der Waals surface area contributed by atoms with Gasteiger partial charge in [-0.05, 0) is 30.7 Å². The highest BCUT2D eigenvalue weighted by molar-refractivity contribution is 7.98. The predicted octanol–water partition coefficient (Wildman–Crippen LogP) is 2.90. The summed E-state index contributed by atoms with van der Waals surface area (Å²) in [5.41, 5.74) is 1.19. The summed E-state index contributed by atoms with van der Waals surface area (Å²) >= 11 is 1.75. The Labute approximate surface area is 118 Å². The molecule has 0 aliphatic rings. The molecular weight excluding hydrogens is 256 g/mol. The largest absolute Gasteiger partial charge is 0.353 e. The molecule has 102 valence electrons. The maximum absolute atomic E-state index is 11.8. The highest BCUT2D eigenvalue weighted by Gasteiger charge is 2.07. The van der Waals surface area contributed by atoms with E-state index in [1.165, 1.54) is 10.9 Å². The molecular formula is C15H20N2OS. The van der Waals surface area contributed by atoms with E-state index in [1.54, 1.807) is 11.8 Å². The fraction of sp³-hybridized carbons (Fsp3) is 0.400. The number of fused-ring (bicyclic) bond motifs is 1. The molecule has 0 fully saturated rings. The van der Waals surface area contributed by atoms with Gasteiger partial charge in [-0.1, -0.05) is 18.2 Å². The number of carbonyl (C=O) groups excluding carboxylic acids is 1. The normalized spacial score (nSPS) is 12.5. The SMILES string of the molecule is CSCC(C)NC(=O)CCn1ccc2ccccc21. The standard InChI is InChI=1S/C15H20N2OS/c1-12(11-19-2)16-15(18)8-10-17-9-7-13-5-3-4-6-14(13)17/h3-7,9,12H,8,10-11H2,1-2H3,(H,16,18). The molecule has 0 aliphatic heterocycles. The van der Waals surface area contributed by atoms with Gasteiger partial charge in [0, 0.05) is 36.5 Å². The molecule has 4 heteroatoms. The van der Waals surface area contributed by atoms with Gasteiger partial charge in [-0.25, -0.2) is 0 Å². The number of benzene rings is 1. The maximum Gasteiger partial charge on any atom is 0.222 e. The van der Waals surface area contributed by atoms with Crippen LogP contribution in [0.3, 0.4) is 0 Å². The summed E-state index contributed by atoms with van der Waals surface area (Å²) in [7, 11) is 0. The quantitative estimate of drug-likeness (QED) is 0.880. The van der Waals surface area contributed by atoms with E-state index in [0.29, 0.717) is 6.42 Å². The van der Waals surface area contributed by atoms with Crippen molar-refractivity contribution in [1.29, 1.82) is 0 Å². The number of nitrogens with zero attached hydrogens (tertiary/aromatic N) is 1. The Bertz CT molecular complexity index is 550. The van der Waals surface area contributed by atoms with Crippen molar-refractivity contribution in [3.8, 4) is 0 Å².